The van der Waals surface area contributed by atoms with Crippen LogP contribution in [0.2, 0.25) is 0 Å². The SMILES string of the molecule is COc1ccc(-c2nc(-c3ccc(NC(=O)c4cccs4)cc3)no2)cc1OC. The van der Waals surface area contributed by atoms with Gasteiger partial charge in [0.15, 0.2) is 11.5 Å². The Bertz CT molecular complexity index is 1120. The molecule has 1 amide bonds. The third-order valence-corrected chi connectivity index (χ3v) is 5.07. The number of rotatable bonds is 6. The number of ether oxygens (including phenoxy) is 2. The summed E-state index contributed by atoms with van der Waals surface area (Å²) in [5.41, 5.74) is 2.19. The Morgan fingerprint density at radius 1 is 1.00 bits per heavy atom. The van der Waals surface area contributed by atoms with Gasteiger partial charge in [-0.3, -0.25) is 4.79 Å². The highest BCUT2D eigenvalue weighted by atomic mass is 32.1. The molecule has 2 aromatic heterocycles. The minimum atomic E-state index is -0.136. The quantitative estimate of drug-likeness (QED) is 0.497. The van der Waals surface area contributed by atoms with Gasteiger partial charge >= 0.3 is 0 Å². The molecule has 146 valence electrons. The highest BCUT2D eigenvalue weighted by molar-refractivity contribution is 7.12. The smallest absolute Gasteiger partial charge is 0.265 e. The van der Waals surface area contributed by atoms with E-state index in [0.717, 1.165) is 11.1 Å². The Morgan fingerprint density at radius 3 is 2.45 bits per heavy atom. The summed E-state index contributed by atoms with van der Waals surface area (Å²) >= 11 is 1.39. The maximum absolute atomic E-state index is 12.1. The number of carbonyl (C=O) groups is 1. The normalized spacial score (nSPS) is 10.6. The fourth-order valence-electron chi connectivity index (χ4n) is 2.73. The average Bonchev–Trinajstić information content (AvgIpc) is 3.46. The van der Waals surface area contributed by atoms with Gasteiger partial charge in [0.25, 0.3) is 11.8 Å². The van der Waals surface area contributed by atoms with Crippen molar-refractivity contribution in [1.29, 1.82) is 0 Å². The standard InChI is InChI=1S/C21H17N3O4S/c1-26-16-10-7-14(12-17(16)27-2)21-23-19(24-28-21)13-5-8-15(9-6-13)22-20(25)18-4-3-11-29-18/h3-12H,1-2H3,(H,22,25). The summed E-state index contributed by atoms with van der Waals surface area (Å²) in [6.45, 7) is 0. The van der Waals surface area contributed by atoms with Crippen molar-refractivity contribution in [2.45, 2.75) is 0 Å². The van der Waals surface area contributed by atoms with Crippen molar-refractivity contribution >= 4 is 22.9 Å². The summed E-state index contributed by atoms with van der Waals surface area (Å²) in [6, 6.07) is 16.3. The number of anilines is 1. The van der Waals surface area contributed by atoms with E-state index in [2.05, 4.69) is 15.5 Å². The molecule has 1 N–H and O–H groups in total. The maximum atomic E-state index is 12.1. The van der Waals surface area contributed by atoms with Crippen LogP contribution in [0.4, 0.5) is 5.69 Å². The second-order valence-electron chi connectivity index (χ2n) is 6.00. The van der Waals surface area contributed by atoms with E-state index in [4.69, 9.17) is 14.0 Å². The molecule has 4 rings (SSSR count). The number of benzene rings is 2. The topological polar surface area (TPSA) is 86.5 Å². The lowest BCUT2D eigenvalue weighted by atomic mass is 10.2. The van der Waals surface area contributed by atoms with Crippen molar-refractivity contribution in [3.8, 4) is 34.3 Å². The van der Waals surface area contributed by atoms with E-state index in [0.29, 0.717) is 33.8 Å². The fourth-order valence-corrected chi connectivity index (χ4v) is 3.35. The van der Waals surface area contributed by atoms with E-state index in [1.54, 1.807) is 44.6 Å². The van der Waals surface area contributed by atoms with Gasteiger partial charge in [-0.2, -0.15) is 4.98 Å². The molecule has 0 aliphatic rings. The van der Waals surface area contributed by atoms with Gasteiger partial charge in [-0.05, 0) is 53.9 Å². The van der Waals surface area contributed by atoms with Gasteiger partial charge in [0.1, 0.15) is 0 Å². The fraction of sp³-hybridized carbons (Fsp3) is 0.0952. The Kier molecular flexibility index (Phi) is 5.26. The van der Waals surface area contributed by atoms with Crippen LogP contribution in [-0.2, 0) is 0 Å². The molecule has 29 heavy (non-hydrogen) atoms. The maximum Gasteiger partial charge on any atom is 0.265 e. The minimum absolute atomic E-state index is 0.136. The van der Waals surface area contributed by atoms with Crippen molar-refractivity contribution in [1.82, 2.24) is 10.1 Å². The first-order valence-electron chi connectivity index (χ1n) is 8.69. The van der Waals surface area contributed by atoms with Crippen LogP contribution < -0.4 is 14.8 Å². The van der Waals surface area contributed by atoms with E-state index in [9.17, 15) is 4.79 Å². The lowest BCUT2D eigenvalue weighted by molar-refractivity contribution is 0.103. The van der Waals surface area contributed by atoms with Gasteiger partial charge in [-0.25, -0.2) is 0 Å². The lowest BCUT2D eigenvalue weighted by Gasteiger charge is -2.07. The molecular formula is C21H17N3O4S. The van der Waals surface area contributed by atoms with Crippen LogP contribution in [-0.4, -0.2) is 30.3 Å². The van der Waals surface area contributed by atoms with Crippen LogP contribution in [0.3, 0.4) is 0 Å². The number of amides is 1. The molecule has 0 aliphatic heterocycles. The van der Waals surface area contributed by atoms with Crippen molar-refractivity contribution in [3.63, 3.8) is 0 Å². The molecule has 8 heteroatoms. The molecule has 0 fully saturated rings. The van der Waals surface area contributed by atoms with Crippen molar-refractivity contribution in [2.75, 3.05) is 19.5 Å². The number of methoxy groups -OCH3 is 2. The van der Waals surface area contributed by atoms with Crippen LogP contribution in [0.1, 0.15) is 9.67 Å². The van der Waals surface area contributed by atoms with E-state index in [-0.39, 0.29) is 5.91 Å². The van der Waals surface area contributed by atoms with Gasteiger partial charge in [-0.1, -0.05) is 11.2 Å². The molecule has 4 aromatic rings. The van der Waals surface area contributed by atoms with Gasteiger partial charge in [0.2, 0.25) is 5.82 Å². The largest absolute Gasteiger partial charge is 0.493 e. The van der Waals surface area contributed by atoms with Gasteiger partial charge in [0, 0.05) is 16.8 Å². The predicted octanol–water partition coefficient (Wildman–Crippen LogP) is 4.73. The summed E-state index contributed by atoms with van der Waals surface area (Å²) < 4.78 is 16.0. The first kappa shape index (κ1) is 18.7. The molecule has 0 radical (unpaired) electrons. The second kappa shape index (κ2) is 8.15. The number of aromatic nitrogens is 2. The number of hydrogen-bond donors (Lipinski definition) is 1. The summed E-state index contributed by atoms with van der Waals surface area (Å²) in [5, 5.41) is 8.77. The van der Waals surface area contributed by atoms with E-state index < -0.39 is 0 Å². The van der Waals surface area contributed by atoms with Gasteiger partial charge in [0.05, 0.1) is 19.1 Å². The molecule has 0 saturated heterocycles. The van der Waals surface area contributed by atoms with E-state index in [1.165, 1.54) is 11.3 Å². The first-order chi connectivity index (χ1) is 14.2. The monoisotopic (exact) mass is 407 g/mol. The second-order valence-corrected chi connectivity index (χ2v) is 6.95. The summed E-state index contributed by atoms with van der Waals surface area (Å²) in [7, 11) is 3.15. The average molecular weight is 407 g/mol. The predicted molar refractivity (Wildman–Crippen MR) is 111 cm³/mol. The molecule has 2 aromatic carbocycles. The molecular weight excluding hydrogens is 390 g/mol. The van der Waals surface area contributed by atoms with Gasteiger partial charge in [-0.15, -0.1) is 11.3 Å². The number of nitrogens with zero attached hydrogens (tertiary/aromatic N) is 2. The van der Waals surface area contributed by atoms with Gasteiger partial charge < -0.3 is 19.3 Å². The number of hydrogen-bond acceptors (Lipinski definition) is 7. The third-order valence-electron chi connectivity index (χ3n) is 4.20. The summed E-state index contributed by atoms with van der Waals surface area (Å²) in [4.78, 5) is 17.2. The Morgan fingerprint density at radius 2 is 1.76 bits per heavy atom. The highest BCUT2D eigenvalue weighted by Gasteiger charge is 2.14. The lowest BCUT2D eigenvalue weighted by Crippen LogP contribution is -2.09. The number of carbonyl (C=O) groups excluding carboxylic acids is 1. The molecule has 0 bridgehead atoms. The Balaban J connectivity index is 1.51. The zero-order valence-electron chi connectivity index (χ0n) is 15.7. The Labute approximate surface area is 170 Å². The zero-order chi connectivity index (χ0) is 20.2. The zero-order valence-corrected chi connectivity index (χ0v) is 16.5. The van der Waals surface area contributed by atoms with Crippen LogP contribution in [0.25, 0.3) is 22.8 Å². The molecule has 0 spiro atoms. The molecule has 0 atom stereocenters. The van der Waals surface area contributed by atoms with Crippen LogP contribution >= 0.6 is 11.3 Å². The van der Waals surface area contributed by atoms with Crippen LogP contribution in [0.15, 0.2) is 64.5 Å². The van der Waals surface area contributed by atoms with Crippen LogP contribution in [0, 0.1) is 0 Å². The Hall–Kier alpha value is -3.65. The summed E-state index contributed by atoms with van der Waals surface area (Å²) in [6.07, 6.45) is 0. The van der Waals surface area contributed by atoms with Crippen molar-refractivity contribution in [2.24, 2.45) is 0 Å². The molecule has 0 unspecified atom stereocenters. The molecule has 7 nitrogen and oxygen atoms in total. The van der Waals surface area contributed by atoms with E-state index >= 15 is 0 Å². The molecule has 2 heterocycles. The first-order valence-corrected chi connectivity index (χ1v) is 9.57. The molecule has 0 aliphatic carbocycles. The number of thiophene rings is 1. The van der Waals surface area contributed by atoms with Crippen LogP contribution in [0.5, 0.6) is 11.5 Å². The van der Waals surface area contributed by atoms with E-state index in [1.807, 2.05) is 29.6 Å². The number of nitrogens with one attached hydrogen (secondary N) is 1. The minimum Gasteiger partial charge on any atom is -0.493 e. The summed E-state index contributed by atoms with van der Waals surface area (Å²) in [5.74, 6) is 1.89. The molecule has 0 saturated carbocycles. The van der Waals surface area contributed by atoms with Crippen molar-refractivity contribution < 1.29 is 18.8 Å². The van der Waals surface area contributed by atoms with Crippen molar-refractivity contribution in [3.05, 3.63) is 64.9 Å². The third kappa shape index (κ3) is 3.97. The highest BCUT2D eigenvalue weighted by Crippen LogP contribution is 2.32.